The number of benzene rings is 1. The molecule has 1 fully saturated rings. The van der Waals surface area contributed by atoms with Crippen LogP contribution in [0.4, 0.5) is 0 Å². The molecule has 176 valence electrons. The molecule has 1 aliphatic rings. The molecule has 34 heavy (non-hydrogen) atoms. The number of para-hydroxylation sites is 1. The summed E-state index contributed by atoms with van der Waals surface area (Å²) in [4.78, 5) is 50.5. The zero-order valence-electron chi connectivity index (χ0n) is 19.4. The molecule has 0 N–H and O–H groups in total. The lowest BCUT2D eigenvalue weighted by atomic mass is 9.98. The van der Waals surface area contributed by atoms with Crippen LogP contribution in [0.15, 0.2) is 54.9 Å². The van der Waals surface area contributed by atoms with Gasteiger partial charge in [-0.25, -0.2) is 4.98 Å². The molecule has 4 rings (SSSR count). The molecule has 2 aromatic heterocycles. The van der Waals surface area contributed by atoms with Crippen LogP contribution >= 0.6 is 0 Å². The van der Waals surface area contributed by atoms with E-state index in [0.29, 0.717) is 42.9 Å². The maximum absolute atomic E-state index is 13.5. The molecule has 0 aliphatic carbocycles. The van der Waals surface area contributed by atoms with Crippen molar-refractivity contribution in [3.63, 3.8) is 0 Å². The van der Waals surface area contributed by atoms with Crippen LogP contribution in [0.3, 0.4) is 0 Å². The Bertz CT molecular complexity index is 1200. The fourth-order valence-corrected chi connectivity index (χ4v) is 4.25. The first-order valence-corrected chi connectivity index (χ1v) is 11.5. The van der Waals surface area contributed by atoms with Crippen LogP contribution in [0.2, 0.25) is 0 Å². The van der Waals surface area contributed by atoms with Crippen molar-refractivity contribution in [3.8, 4) is 11.3 Å². The molecule has 0 bridgehead atoms. The second kappa shape index (κ2) is 10.4. The van der Waals surface area contributed by atoms with Gasteiger partial charge >= 0.3 is 5.97 Å². The van der Waals surface area contributed by atoms with E-state index in [1.54, 1.807) is 37.3 Å². The van der Waals surface area contributed by atoms with E-state index < -0.39 is 0 Å². The summed E-state index contributed by atoms with van der Waals surface area (Å²) < 4.78 is 5.12. The Morgan fingerprint density at radius 1 is 1.18 bits per heavy atom. The van der Waals surface area contributed by atoms with Gasteiger partial charge in [0.1, 0.15) is 0 Å². The van der Waals surface area contributed by atoms with E-state index >= 15 is 0 Å². The van der Waals surface area contributed by atoms with E-state index in [4.69, 9.17) is 9.72 Å². The Morgan fingerprint density at radius 3 is 2.76 bits per heavy atom. The molecule has 0 spiro atoms. The number of ether oxygens (including phenoxy) is 1. The van der Waals surface area contributed by atoms with E-state index in [0.717, 1.165) is 17.4 Å². The van der Waals surface area contributed by atoms with Crippen molar-refractivity contribution in [2.45, 2.75) is 19.8 Å². The van der Waals surface area contributed by atoms with E-state index in [2.05, 4.69) is 4.98 Å². The van der Waals surface area contributed by atoms with Crippen molar-refractivity contribution in [1.82, 2.24) is 19.8 Å². The number of esters is 1. The zero-order chi connectivity index (χ0) is 24.1. The van der Waals surface area contributed by atoms with Gasteiger partial charge in [-0.05, 0) is 44.0 Å². The minimum atomic E-state index is -0.315. The highest BCUT2D eigenvalue weighted by atomic mass is 16.5. The third-order valence-corrected chi connectivity index (χ3v) is 6.02. The molecule has 3 aromatic rings. The second-order valence-corrected chi connectivity index (χ2v) is 8.41. The maximum atomic E-state index is 13.5. The summed E-state index contributed by atoms with van der Waals surface area (Å²) in [5, 5.41) is 0.722. The Balaban J connectivity index is 1.54. The highest BCUT2D eigenvalue weighted by Gasteiger charge is 2.30. The number of aromatic nitrogens is 2. The third-order valence-electron chi connectivity index (χ3n) is 6.02. The summed E-state index contributed by atoms with van der Waals surface area (Å²) in [5.41, 5.74) is 2.62. The Morgan fingerprint density at radius 2 is 2.00 bits per heavy atom. The number of carbonyl (C=O) groups is 3. The molecule has 1 aromatic carbocycles. The molecular weight excluding hydrogens is 432 g/mol. The monoisotopic (exact) mass is 460 g/mol. The van der Waals surface area contributed by atoms with Gasteiger partial charge in [-0.15, -0.1) is 0 Å². The Hall–Kier alpha value is -3.81. The van der Waals surface area contributed by atoms with Gasteiger partial charge in [-0.1, -0.05) is 18.2 Å². The first kappa shape index (κ1) is 23.4. The van der Waals surface area contributed by atoms with Gasteiger partial charge < -0.3 is 14.5 Å². The number of likely N-dealkylation sites (N-methyl/N-ethyl adjacent to an activating group) is 1. The standard InChI is InChI=1S/C26H28N4O4/c1-3-34-26(33)19-9-7-13-30(16-19)24(31)17-29(2)25(32)21-14-23(18-8-6-12-27-15-18)28-22-11-5-4-10-20(21)22/h4-6,8,10-12,14-15,19H,3,7,9,13,16-17H2,1-2H3. The lowest BCUT2D eigenvalue weighted by Gasteiger charge is -2.32. The summed E-state index contributed by atoms with van der Waals surface area (Å²) in [6.45, 7) is 2.91. The maximum Gasteiger partial charge on any atom is 0.310 e. The lowest BCUT2D eigenvalue weighted by molar-refractivity contribution is -0.151. The second-order valence-electron chi connectivity index (χ2n) is 8.41. The van der Waals surface area contributed by atoms with E-state index in [-0.39, 0.29) is 30.2 Å². The molecule has 1 unspecified atom stereocenters. The average molecular weight is 461 g/mol. The topological polar surface area (TPSA) is 92.7 Å². The lowest BCUT2D eigenvalue weighted by Crippen LogP contribution is -2.47. The molecule has 3 heterocycles. The fraction of sp³-hybridized carbons (Fsp3) is 0.346. The van der Waals surface area contributed by atoms with Crippen molar-refractivity contribution in [3.05, 3.63) is 60.4 Å². The molecule has 0 radical (unpaired) electrons. The number of likely N-dealkylation sites (tertiary alicyclic amines) is 1. The quantitative estimate of drug-likeness (QED) is 0.525. The van der Waals surface area contributed by atoms with Gasteiger partial charge in [-0.2, -0.15) is 0 Å². The molecule has 0 saturated carbocycles. The summed E-state index contributed by atoms with van der Waals surface area (Å²) in [6, 6.07) is 12.9. The predicted octanol–water partition coefficient (Wildman–Crippen LogP) is 3.17. The SMILES string of the molecule is CCOC(=O)C1CCCN(C(=O)CN(C)C(=O)c2cc(-c3cccnc3)nc3ccccc23)C1. The van der Waals surface area contributed by atoms with E-state index in [1.165, 1.54) is 4.90 Å². The van der Waals surface area contributed by atoms with Gasteiger partial charge in [0, 0.05) is 43.5 Å². The van der Waals surface area contributed by atoms with Gasteiger partial charge in [0.2, 0.25) is 5.91 Å². The number of fused-ring (bicyclic) bond motifs is 1. The number of amides is 2. The van der Waals surface area contributed by atoms with Crippen LogP contribution in [-0.2, 0) is 14.3 Å². The summed E-state index contributed by atoms with van der Waals surface area (Å²) >= 11 is 0. The molecule has 1 saturated heterocycles. The summed E-state index contributed by atoms with van der Waals surface area (Å²) in [6.07, 6.45) is 4.83. The van der Waals surface area contributed by atoms with Crippen molar-refractivity contribution in [1.29, 1.82) is 0 Å². The van der Waals surface area contributed by atoms with Crippen LogP contribution in [-0.4, -0.2) is 70.8 Å². The predicted molar refractivity (Wildman–Crippen MR) is 128 cm³/mol. The summed E-state index contributed by atoms with van der Waals surface area (Å²) in [7, 11) is 1.62. The molecule has 2 amide bonds. The molecule has 1 aliphatic heterocycles. The van der Waals surface area contributed by atoms with Crippen molar-refractivity contribution in [2.75, 3.05) is 33.3 Å². The Kier molecular flexibility index (Phi) is 7.15. The average Bonchev–Trinajstić information content (AvgIpc) is 2.88. The highest BCUT2D eigenvalue weighted by Crippen LogP contribution is 2.25. The molecule has 8 heteroatoms. The first-order chi connectivity index (χ1) is 16.5. The number of piperidine rings is 1. The number of carbonyl (C=O) groups excluding carboxylic acids is 3. The minimum absolute atomic E-state index is 0.0761. The highest BCUT2D eigenvalue weighted by molar-refractivity contribution is 6.07. The smallest absolute Gasteiger partial charge is 0.310 e. The fourth-order valence-electron chi connectivity index (χ4n) is 4.25. The van der Waals surface area contributed by atoms with E-state index in [1.807, 2.05) is 36.4 Å². The van der Waals surface area contributed by atoms with Crippen molar-refractivity contribution >= 4 is 28.7 Å². The minimum Gasteiger partial charge on any atom is -0.466 e. The number of hydrogen-bond acceptors (Lipinski definition) is 6. The van der Waals surface area contributed by atoms with Crippen LogP contribution in [0.1, 0.15) is 30.1 Å². The van der Waals surface area contributed by atoms with E-state index in [9.17, 15) is 14.4 Å². The molecule has 1 atom stereocenters. The first-order valence-electron chi connectivity index (χ1n) is 11.5. The van der Waals surface area contributed by atoms with Crippen LogP contribution < -0.4 is 0 Å². The molecule has 8 nitrogen and oxygen atoms in total. The Labute approximate surface area is 198 Å². The summed E-state index contributed by atoms with van der Waals surface area (Å²) in [5.74, 6) is -1.04. The number of rotatable bonds is 6. The normalized spacial score (nSPS) is 15.7. The largest absolute Gasteiger partial charge is 0.466 e. The zero-order valence-corrected chi connectivity index (χ0v) is 19.4. The number of hydrogen-bond donors (Lipinski definition) is 0. The van der Waals surface area contributed by atoms with Gasteiger partial charge in [0.15, 0.2) is 0 Å². The number of nitrogens with zero attached hydrogens (tertiary/aromatic N) is 4. The van der Waals surface area contributed by atoms with Gasteiger partial charge in [0.05, 0.1) is 35.8 Å². The van der Waals surface area contributed by atoms with Crippen molar-refractivity contribution in [2.24, 2.45) is 5.92 Å². The van der Waals surface area contributed by atoms with Crippen LogP contribution in [0.25, 0.3) is 22.2 Å². The number of pyridine rings is 2. The molecular formula is C26H28N4O4. The van der Waals surface area contributed by atoms with Crippen molar-refractivity contribution < 1.29 is 19.1 Å². The van der Waals surface area contributed by atoms with Gasteiger partial charge in [-0.3, -0.25) is 19.4 Å². The van der Waals surface area contributed by atoms with Crippen LogP contribution in [0, 0.1) is 5.92 Å². The van der Waals surface area contributed by atoms with Gasteiger partial charge in [0.25, 0.3) is 5.91 Å². The third kappa shape index (κ3) is 5.06. The van der Waals surface area contributed by atoms with Crippen LogP contribution in [0.5, 0.6) is 0 Å².